The van der Waals surface area contributed by atoms with E-state index in [2.05, 4.69) is 0 Å². The summed E-state index contributed by atoms with van der Waals surface area (Å²) in [5, 5.41) is 69.1. The number of hydrogen-bond donors (Lipinski definition) is 9. The molecule has 0 saturated carbocycles. The number of aliphatic hydroxyl groups is 7. The van der Waals surface area contributed by atoms with Gasteiger partial charge in [-0.2, -0.15) is 0 Å². The van der Waals surface area contributed by atoms with Crippen LogP contribution in [0.5, 0.6) is 0 Å². The molecule has 1 amide bonds. The molecule has 31 heavy (non-hydrogen) atoms. The van der Waals surface area contributed by atoms with Gasteiger partial charge in [0.2, 0.25) is 5.91 Å². The summed E-state index contributed by atoms with van der Waals surface area (Å²) >= 11 is 0. The molecule has 180 valence electrons. The van der Waals surface area contributed by atoms with E-state index >= 15 is 0 Å². The van der Waals surface area contributed by atoms with Gasteiger partial charge in [-0.05, 0) is 0 Å². The number of carbonyl (C=O) groups is 2. The van der Waals surface area contributed by atoms with E-state index < -0.39 is 99.0 Å². The Labute approximate surface area is 175 Å². The summed E-state index contributed by atoms with van der Waals surface area (Å²) in [4.78, 5) is 22.6. The largest absolute Gasteiger partial charge is 0.462 e. The second kappa shape index (κ2) is 10.9. The molecule has 2 saturated heterocycles. The first-order valence-corrected chi connectivity index (χ1v) is 9.34. The highest BCUT2D eigenvalue weighted by Crippen LogP contribution is 2.28. The van der Waals surface area contributed by atoms with E-state index in [0.717, 1.165) is 0 Å². The number of carbonyl (C=O) groups excluding carboxylic acids is 2. The fraction of sp³-hybridized carbons (Fsp3) is 0.875. The molecule has 2 heterocycles. The third-order valence-electron chi connectivity index (χ3n) is 4.91. The molecule has 0 aliphatic carbocycles. The molecule has 0 bridgehead atoms. The van der Waals surface area contributed by atoms with E-state index in [0.29, 0.717) is 0 Å². The topological polar surface area (TPSA) is 265 Å². The standard InChI is InChI=1S/C16H28N2O13/c17-4(1-7(18)20)14(26)28-3-6-8(21)9(22)12(25)16(30-6)31-13-5(2-19)29-15(27)11(24)10(13)23/h4-6,8-13,15-16,19,21-25,27H,1-3,17H2,(H2,18,20)/t4-,5+,6+,8+,9-,10+,11+,12+,13+,15+,16-/m0/s1. The Kier molecular flexibility index (Phi) is 9.04. The summed E-state index contributed by atoms with van der Waals surface area (Å²) in [6.07, 6.45) is -17.3. The maximum atomic E-state index is 11.8. The number of primary amides is 1. The van der Waals surface area contributed by atoms with Crippen molar-refractivity contribution in [3.05, 3.63) is 0 Å². The maximum Gasteiger partial charge on any atom is 0.323 e. The second-order valence-corrected chi connectivity index (χ2v) is 7.25. The van der Waals surface area contributed by atoms with Crippen molar-refractivity contribution < 1.29 is 64.3 Å². The molecule has 2 fully saturated rings. The summed E-state index contributed by atoms with van der Waals surface area (Å²) in [5.74, 6) is -1.88. The Balaban J connectivity index is 2.05. The first-order chi connectivity index (χ1) is 14.5. The lowest BCUT2D eigenvalue weighted by molar-refractivity contribution is -0.355. The molecule has 11 N–H and O–H groups in total. The number of nitrogens with two attached hydrogens (primary N) is 2. The minimum absolute atomic E-state index is 0.490. The minimum Gasteiger partial charge on any atom is -0.462 e. The van der Waals surface area contributed by atoms with Crippen LogP contribution < -0.4 is 11.5 Å². The van der Waals surface area contributed by atoms with E-state index in [4.69, 9.17) is 30.4 Å². The smallest absolute Gasteiger partial charge is 0.323 e. The summed E-state index contributed by atoms with van der Waals surface area (Å²) < 4.78 is 20.4. The average Bonchev–Trinajstić information content (AvgIpc) is 2.72. The molecule has 0 aromatic heterocycles. The Morgan fingerprint density at radius 1 is 0.903 bits per heavy atom. The van der Waals surface area contributed by atoms with Crippen LogP contribution in [-0.2, 0) is 28.5 Å². The Hall–Kier alpha value is -1.50. The molecule has 11 atom stereocenters. The molecule has 0 unspecified atom stereocenters. The van der Waals surface area contributed by atoms with E-state index in [1.807, 2.05) is 0 Å². The molecule has 15 nitrogen and oxygen atoms in total. The number of ether oxygens (including phenoxy) is 4. The monoisotopic (exact) mass is 456 g/mol. The van der Waals surface area contributed by atoms with Gasteiger partial charge in [-0.25, -0.2) is 0 Å². The Morgan fingerprint density at radius 3 is 2.13 bits per heavy atom. The van der Waals surface area contributed by atoms with Crippen molar-refractivity contribution in [2.75, 3.05) is 13.2 Å². The quantitative estimate of drug-likeness (QED) is 0.154. The fourth-order valence-corrected chi connectivity index (χ4v) is 3.13. The SMILES string of the molecule is NC(=O)C[C@H](N)C(=O)OC[C@H]1O[C@@H](O[C@H]2[C@H](O)[C@@H](O)[C@H](O)O[C@@H]2CO)[C@H](O)[C@@H](O)[C@@H]1O. The third kappa shape index (κ3) is 6.05. The normalized spacial score (nSPS) is 42.1. The van der Waals surface area contributed by atoms with Crippen LogP contribution in [0.25, 0.3) is 0 Å². The first-order valence-electron chi connectivity index (χ1n) is 9.34. The van der Waals surface area contributed by atoms with E-state index in [1.54, 1.807) is 0 Å². The molecule has 0 aromatic carbocycles. The van der Waals surface area contributed by atoms with Gasteiger partial charge in [0, 0.05) is 0 Å². The van der Waals surface area contributed by atoms with Crippen LogP contribution in [-0.4, -0.2) is 128 Å². The Morgan fingerprint density at radius 2 is 1.55 bits per heavy atom. The maximum absolute atomic E-state index is 11.8. The van der Waals surface area contributed by atoms with Gasteiger partial charge in [0.15, 0.2) is 12.6 Å². The lowest BCUT2D eigenvalue weighted by Crippen LogP contribution is -2.64. The number of esters is 1. The lowest BCUT2D eigenvalue weighted by atomic mass is 9.97. The van der Waals surface area contributed by atoms with Crippen LogP contribution >= 0.6 is 0 Å². The zero-order valence-corrected chi connectivity index (χ0v) is 16.2. The second-order valence-electron chi connectivity index (χ2n) is 7.25. The van der Waals surface area contributed by atoms with Gasteiger partial charge in [-0.15, -0.1) is 0 Å². The van der Waals surface area contributed by atoms with Crippen LogP contribution in [0.15, 0.2) is 0 Å². The summed E-state index contributed by atoms with van der Waals surface area (Å²) in [6, 6.07) is -1.37. The van der Waals surface area contributed by atoms with Crippen molar-refractivity contribution in [2.24, 2.45) is 11.5 Å². The van der Waals surface area contributed by atoms with Gasteiger partial charge >= 0.3 is 5.97 Å². The van der Waals surface area contributed by atoms with Crippen LogP contribution in [0.2, 0.25) is 0 Å². The Bertz CT molecular complexity index is 622. The van der Waals surface area contributed by atoms with Gasteiger partial charge in [0.1, 0.15) is 61.5 Å². The van der Waals surface area contributed by atoms with Crippen molar-refractivity contribution in [3.63, 3.8) is 0 Å². The molecule has 0 radical (unpaired) electrons. The molecule has 0 aromatic rings. The van der Waals surface area contributed by atoms with Gasteiger partial charge < -0.3 is 66.2 Å². The van der Waals surface area contributed by atoms with Gasteiger partial charge in [-0.1, -0.05) is 0 Å². The lowest BCUT2D eigenvalue weighted by Gasteiger charge is -2.45. The van der Waals surface area contributed by atoms with Crippen LogP contribution in [0.1, 0.15) is 6.42 Å². The summed E-state index contributed by atoms with van der Waals surface area (Å²) in [6.45, 7) is -1.41. The first kappa shape index (κ1) is 25.8. The zero-order chi connectivity index (χ0) is 23.5. The van der Waals surface area contributed by atoms with Crippen molar-refractivity contribution in [2.45, 2.75) is 73.9 Å². The fourth-order valence-electron chi connectivity index (χ4n) is 3.13. The average molecular weight is 456 g/mol. The highest BCUT2D eigenvalue weighted by Gasteiger charge is 2.50. The van der Waals surface area contributed by atoms with Gasteiger partial charge in [0.05, 0.1) is 13.0 Å². The molecule has 2 aliphatic rings. The number of rotatable bonds is 8. The summed E-state index contributed by atoms with van der Waals surface area (Å²) in [7, 11) is 0. The number of hydrogen-bond acceptors (Lipinski definition) is 14. The number of amides is 1. The number of aliphatic hydroxyl groups excluding tert-OH is 7. The predicted molar refractivity (Wildman–Crippen MR) is 94.3 cm³/mol. The highest BCUT2D eigenvalue weighted by atomic mass is 16.7. The van der Waals surface area contributed by atoms with E-state index in [1.165, 1.54) is 0 Å². The van der Waals surface area contributed by atoms with Gasteiger partial charge in [0.25, 0.3) is 0 Å². The molecule has 15 heteroatoms. The van der Waals surface area contributed by atoms with Crippen molar-refractivity contribution >= 4 is 11.9 Å². The third-order valence-corrected chi connectivity index (χ3v) is 4.91. The molecule has 0 spiro atoms. The van der Waals surface area contributed by atoms with Crippen molar-refractivity contribution in [1.82, 2.24) is 0 Å². The molecule has 2 aliphatic heterocycles. The summed E-state index contributed by atoms with van der Waals surface area (Å²) in [5.41, 5.74) is 10.4. The highest BCUT2D eigenvalue weighted by molar-refractivity contribution is 5.84. The van der Waals surface area contributed by atoms with E-state index in [9.17, 15) is 45.3 Å². The van der Waals surface area contributed by atoms with Crippen molar-refractivity contribution in [3.8, 4) is 0 Å². The van der Waals surface area contributed by atoms with Crippen LogP contribution in [0.4, 0.5) is 0 Å². The van der Waals surface area contributed by atoms with Crippen LogP contribution in [0, 0.1) is 0 Å². The molecule has 2 rings (SSSR count). The van der Waals surface area contributed by atoms with E-state index in [-0.39, 0.29) is 0 Å². The molecular weight excluding hydrogens is 428 g/mol. The zero-order valence-electron chi connectivity index (χ0n) is 16.2. The predicted octanol–water partition coefficient (Wildman–Crippen LogP) is -6.64. The van der Waals surface area contributed by atoms with Crippen molar-refractivity contribution in [1.29, 1.82) is 0 Å². The molecular formula is C16H28N2O13. The minimum atomic E-state index is -1.85. The van der Waals surface area contributed by atoms with Crippen LogP contribution in [0.3, 0.4) is 0 Å². The van der Waals surface area contributed by atoms with Gasteiger partial charge in [-0.3, -0.25) is 9.59 Å².